The van der Waals surface area contributed by atoms with E-state index in [9.17, 15) is 31.5 Å². The molecule has 264 valence electrons. The maximum absolute atomic E-state index is 14.6. The van der Waals surface area contributed by atoms with Gasteiger partial charge in [0.05, 0.1) is 12.3 Å². The summed E-state index contributed by atoms with van der Waals surface area (Å²) in [6.45, 7) is 10.0. The van der Waals surface area contributed by atoms with Crippen LogP contribution in [-0.2, 0) is 0 Å². The van der Waals surface area contributed by atoms with E-state index >= 15 is 0 Å². The van der Waals surface area contributed by atoms with E-state index in [4.69, 9.17) is 14.1 Å². The molecule has 1 aliphatic heterocycles. The number of nitrogens with one attached hydrogen (secondary N) is 2. The van der Waals surface area contributed by atoms with E-state index in [1.807, 2.05) is 52.0 Å². The van der Waals surface area contributed by atoms with E-state index in [2.05, 4.69) is 15.5 Å². The molecule has 0 aromatic heterocycles. The maximum Gasteiger partial charge on any atom is 0.261 e. The minimum atomic E-state index is -2.40. The Labute approximate surface area is 289 Å². The van der Waals surface area contributed by atoms with Crippen molar-refractivity contribution < 1.29 is 35.9 Å². The van der Waals surface area contributed by atoms with Crippen molar-refractivity contribution in [3.8, 4) is 17.2 Å². The van der Waals surface area contributed by atoms with Crippen molar-refractivity contribution in [2.24, 2.45) is 0 Å². The van der Waals surface area contributed by atoms with Crippen LogP contribution in [0.1, 0.15) is 41.8 Å². The number of rotatable bonds is 11. The highest BCUT2D eigenvalue weighted by Crippen LogP contribution is 2.40. The molecule has 0 unspecified atom stereocenters. The van der Waals surface area contributed by atoms with Gasteiger partial charge in [-0.05, 0) is 63.9 Å². The van der Waals surface area contributed by atoms with E-state index < -0.39 is 46.0 Å². The minimum Gasteiger partial charge on any atom is -0.493 e. The van der Waals surface area contributed by atoms with Crippen molar-refractivity contribution in [2.75, 3.05) is 41.8 Å². The molecule has 0 radical (unpaired) electrons. The van der Waals surface area contributed by atoms with Crippen molar-refractivity contribution in [2.45, 2.75) is 34.1 Å². The van der Waals surface area contributed by atoms with Gasteiger partial charge in [0.25, 0.3) is 5.91 Å². The summed E-state index contributed by atoms with van der Waals surface area (Å²) in [4.78, 5) is 34.1. The number of anilines is 3. The number of fused-ring (bicyclic) bond motifs is 4. The Balaban J connectivity index is 1.44. The summed E-state index contributed by atoms with van der Waals surface area (Å²) >= 11 is 0. The summed E-state index contributed by atoms with van der Waals surface area (Å²) in [7, 11) is 0. The molecule has 0 bridgehead atoms. The number of carbonyl (C=O) groups excluding carboxylic acids is 1. The van der Waals surface area contributed by atoms with Gasteiger partial charge in [0.15, 0.2) is 34.6 Å². The van der Waals surface area contributed by atoms with E-state index in [0.29, 0.717) is 30.7 Å². The van der Waals surface area contributed by atoms with Gasteiger partial charge in [-0.3, -0.25) is 9.59 Å². The summed E-state index contributed by atoms with van der Waals surface area (Å²) in [5.41, 5.74) is 1.52. The lowest BCUT2D eigenvalue weighted by atomic mass is 10.00. The van der Waals surface area contributed by atoms with E-state index in [0.717, 1.165) is 35.7 Å². The summed E-state index contributed by atoms with van der Waals surface area (Å²) < 4.78 is 83.1. The number of hydrogen-bond acceptors (Lipinski definition) is 7. The van der Waals surface area contributed by atoms with Crippen molar-refractivity contribution in [1.29, 1.82) is 0 Å². The second kappa shape index (κ2) is 14.3. The molecule has 0 saturated heterocycles. The Kier molecular flexibility index (Phi) is 9.82. The first-order valence-electron chi connectivity index (χ1n) is 16.3. The normalized spacial score (nSPS) is 11.4. The van der Waals surface area contributed by atoms with Crippen LogP contribution in [0, 0.1) is 42.9 Å². The number of carbonyl (C=O) groups is 1. The number of hydrogen-bond donors (Lipinski definition) is 2. The lowest BCUT2D eigenvalue weighted by Gasteiger charge is -2.22. The number of amides is 1. The average Bonchev–Trinajstić information content (AvgIpc) is 3.11. The molecule has 8 nitrogen and oxygen atoms in total. The number of nitrogens with zero attached hydrogens (tertiary/aromatic N) is 2. The van der Waals surface area contributed by atoms with Gasteiger partial charge >= 0.3 is 0 Å². The molecule has 0 spiro atoms. The highest BCUT2D eigenvalue weighted by molar-refractivity contribution is 6.14. The van der Waals surface area contributed by atoms with Crippen LogP contribution >= 0.6 is 0 Å². The van der Waals surface area contributed by atoms with Gasteiger partial charge in [-0.25, -0.2) is 26.9 Å². The Bertz CT molecular complexity index is 2310. The van der Waals surface area contributed by atoms with Gasteiger partial charge in [0.1, 0.15) is 28.2 Å². The third-order valence-corrected chi connectivity index (χ3v) is 8.63. The maximum atomic E-state index is 14.6. The zero-order valence-electron chi connectivity index (χ0n) is 28.1. The smallest absolute Gasteiger partial charge is 0.261 e. The summed E-state index contributed by atoms with van der Waals surface area (Å²) in [6.07, 6.45) is 0.497. The number of halogens is 5. The molecule has 0 fully saturated rings. The Hall–Kier alpha value is -5.72. The fourth-order valence-electron chi connectivity index (χ4n) is 6.05. The molecule has 6 rings (SSSR count). The molecule has 1 aliphatic carbocycles. The molecular formula is C38H33F5N4O4. The van der Waals surface area contributed by atoms with Crippen LogP contribution in [0.4, 0.5) is 39.0 Å². The molecule has 1 amide bonds. The van der Waals surface area contributed by atoms with Crippen LogP contribution in [0.2, 0.25) is 0 Å². The predicted octanol–water partition coefficient (Wildman–Crippen LogP) is 8.74. The Morgan fingerprint density at radius 3 is 2.29 bits per heavy atom. The van der Waals surface area contributed by atoms with Crippen molar-refractivity contribution in [3.63, 3.8) is 0 Å². The monoisotopic (exact) mass is 704 g/mol. The van der Waals surface area contributed by atoms with Gasteiger partial charge in [-0.1, -0.05) is 29.8 Å². The van der Waals surface area contributed by atoms with Gasteiger partial charge < -0.3 is 24.7 Å². The summed E-state index contributed by atoms with van der Waals surface area (Å²) in [5, 5.41) is 5.48. The van der Waals surface area contributed by atoms with Crippen molar-refractivity contribution >= 4 is 44.8 Å². The SMILES string of the molecule is CCN(CC)c1ccc2nc3c4c(NC(=O)c5c(F)c(F)c(F)c(F)c5F)cccc4c(=O)c(NCCCOc4ccc(C)cc4C)c-3oc2c1. The standard InChI is InChI=1S/C38H33F5N4O4/c1-5-47(6-2)21-12-13-23-26(18-21)51-37-34(45-23)27-22(36(48)35(37)44-15-8-16-50-25-14-11-19(3)17-20(25)4)9-7-10-24(27)46-38(49)28-29(39)31(41)33(43)32(42)30(28)40/h7,9-14,17-18,44H,5-6,8,15-16H2,1-4H3,(H,46,49). The van der Waals surface area contributed by atoms with E-state index in [1.54, 1.807) is 12.1 Å². The molecular weight excluding hydrogens is 671 g/mol. The zero-order valence-corrected chi connectivity index (χ0v) is 28.1. The molecule has 0 saturated carbocycles. The van der Waals surface area contributed by atoms with Crippen LogP contribution in [0.15, 0.2) is 63.8 Å². The molecule has 4 aromatic rings. The van der Waals surface area contributed by atoms with Gasteiger partial charge in [0.2, 0.25) is 11.2 Å². The van der Waals surface area contributed by atoms with Gasteiger partial charge in [0, 0.05) is 42.2 Å². The van der Waals surface area contributed by atoms with Crippen LogP contribution < -0.4 is 25.7 Å². The number of benzene rings is 5. The molecule has 2 N–H and O–H groups in total. The number of aryl methyl sites for hydroxylation is 2. The average molecular weight is 705 g/mol. The molecule has 0 atom stereocenters. The van der Waals surface area contributed by atoms with Crippen molar-refractivity contribution in [1.82, 2.24) is 4.98 Å². The zero-order chi connectivity index (χ0) is 36.6. The fraction of sp³-hybridized carbons (Fsp3) is 0.237. The second-order valence-corrected chi connectivity index (χ2v) is 11.9. The van der Waals surface area contributed by atoms with Gasteiger partial charge in [-0.15, -0.1) is 0 Å². The van der Waals surface area contributed by atoms with Crippen LogP contribution in [0.5, 0.6) is 5.75 Å². The first-order valence-corrected chi connectivity index (χ1v) is 16.3. The number of ether oxygens (including phenoxy) is 1. The first-order chi connectivity index (χ1) is 24.4. The lowest BCUT2D eigenvalue weighted by Crippen LogP contribution is -2.21. The Morgan fingerprint density at radius 1 is 0.902 bits per heavy atom. The largest absolute Gasteiger partial charge is 0.493 e. The summed E-state index contributed by atoms with van der Waals surface area (Å²) in [6, 6.07) is 15.4. The predicted molar refractivity (Wildman–Crippen MR) is 187 cm³/mol. The van der Waals surface area contributed by atoms with Crippen LogP contribution in [0.25, 0.3) is 33.3 Å². The quantitative estimate of drug-likeness (QED) is 0.0348. The lowest BCUT2D eigenvalue weighted by molar-refractivity contribution is 0.101. The molecule has 2 aliphatic rings. The topological polar surface area (TPSA) is 96.7 Å². The molecule has 13 heteroatoms. The molecule has 51 heavy (non-hydrogen) atoms. The van der Waals surface area contributed by atoms with Crippen molar-refractivity contribution in [3.05, 3.63) is 111 Å². The van der Waals surface area contributed by atoms with E-state index in [-0.39, 0.29) is 33.6 Å². The first kappa shape index (κ1) is 35.1. The third-order valence-electron chi connectivity index (χ3n) is 8.63. The van der Waals surface area contributed by atoms with E-state index in [1.165, 1.54) is 18.2 Å². The van der Waals surface area contributed by atoms with Gasteiger partial charge in [-0.2, -0.15) is 0 Å². The van der Waals surface area contributed by atoms with Crippen LogP contribution in [-0.4, -0.2) is 37.1 Å². The van der Waals surface area contributed by atoms with Crippen LogP contribution in [0.3, 0.4) is 0 Å². The number of aromatic nitrogens is 1. The molecule has 1 heterocycles. The second-order valence-electron chi connectivity index (χ2n) is 11.9. The Morgan fingerprint density at radius 2 is 1.61 bits per heavy atom. The molecule has 4 aromatic carbocycles. The summed E-state index contributed by atoms with van der Waals surface area (Å²) in [5.74, 6) is -12.4. The fourth-order valence-corrected chi connectivity index (χ4v) is 6.05. The highest BCUT2D eigenvalue weighted by atomic mass is 19.2. The minimum absolute atomic E-state index is 0.0323. The third kappa shape index (κ3) is 6.51. The highest BCUT2D eigenvalue weighted by Gasteiger charge is 2.31.